The topological polar surface area (TPSA) is 36.0 Å². The van der Waals surface area contributed by atoms with E-state index >= 15 is 0 Å². The summed E-state index contributed by atoms with van der Waals surface area (Å²) in [5.41, 5.74) is 0. The van der Waals surface area contributed by atoms with Gasteiger partial charge in [0.1, 0.15) is 0 Å². The predicted molar refractivity (Wildman–Crippen MR) is 70.6 cm³/mol. The predicted octanol–water partition coefficient (Wildman–Crippen LogP) is -0.127. The molecule has 0 aromatic rings. The number of carbonyl (C=O) groups is 1. The van der Waals surface area contributed by atoms with Crippen LogP contribution in [-0.2, 0) is 9.53 Å². The molecule has 0 aromatic carbocycles. The van der Waals surface area contributed by atoms with E-state index in [4.69, 9.17) is 4.74 Å². The van der Waals surface area contributed by atoms with Gasteiger partial charge in [0.15, 0.2) is 0 Å². The molecule has 18 heavy (non-hydrogen) atoms. The van der Waals surface area contributed by atoms with Gasteiger partial charge >= 0.3 is 0 Å². The van der Waals surface area contributed by atoms with E-state index in [1.165, 1.54) is 13.0 Å². The average molecular weight is 255 g/mol. The number of piperazine rings is 1. The zero-order valence-electron chi connectivity index (χ0n) is 11.4. The van der Waals surface area contributed by atoms with Crippen LogP contribution in [0.2, 0.25) is 0 Å². The van der Waals surface area contributed by atoms with E-state index in [1.54, 1.807) is 6.92 Å². The molecule has 0 aromatic heterocycles. The van der Waals surface area contributed by atoms with Crippen LogP contribution in [0.3, 0.4) is 0 Å². The maximum atomic E-state index is 11.2. The van der Waals surface area contributed by atoms with Gasteiger partial charge in [-0.25, -0.2) is 0 Å². The standard InChI is InChI=1S/C13H25N3O2/c1-13(17)16-7-5-14(6-8-16)3-2-4-15-9-11-18-12-10-15/h2-12H2,1H3. The smallest absolute Gasteiger partial charge is 0.219 e. The van der Waals surface area contributed by atoms with Crippen molar-refractivity contribution < 1.29 is 9.53 Å². The lowest BCUT2D eigenvalue weighted by Crippen LogP contribution is -2.48. The monoisotopic (exact) mass is 255 g/mol. The van der Waals surface area contributed by atoms with Crippen molar-refractivity contribution in [1.82, 2.24) is 14.7 Å². The van der Waals surface area contributed by atoms with Crippen LogP contribution in [0.5, 0.6) is 0 Å². The van der Waals surface area contributed by atoms with Gasteiger partial charge in [-0.1, -0.05) is 0 Å². The number of amides is 1. The van der Waals surface area contributed by atoms with E-state index in [-0.39, 0.29) is 5.91 Å². The molecule has 2 aliphatic heterocycles. The van der Waals surface area contributed by atoms with Gasteiger partial charge in [0.2, 0.25) is 5.91 Å². The largest absolute Gasteiger partial charge is 0.379 e. The first-order valence-electron chi connectivity index (χ1n) is 7.03. The zero-order chi connectivity index (χ0) is 12.8. The van der Waals surface area contributed by atoms with Gasteiger partial charge in [-0.15, -0.1) is 0 Å². The minimum Gasteiger partial charge on any atom is -0.379 e. The quantitative estimate of drug-likeness (QED) is 0.701. The average Bonchev–Trinajstić information content (AvgIpc) is 2.40. The molecule has 0 N–H and O–H groups in total. The second-order valence-electron chi connectivity index (χ2n) is 5.16. The molecule has 2 rings (SSSR count). The second kappa shape index (κ2) is 7.07. The van der Waals surface area contributed by atoms with E-state index in [1.807, 2.05) is 4.90 Å². The van der Waals surface area contributed by atoms with Gasteiger partial charge < -0.3 is 9.64 Å². The molecule has 1 amide bonds. The van der Waals surface area contributed by atoms with Crippen molar-refractivity contribution >= 4 is 5.91 Å². The van der Waals surface area contributed by atoms with Gasteiger partial charge in [-0.3, -0.25) is 14.6 Å². The Balaban J connectivity index is 1.56. The van der Waals surface area contributed by atoms with E-state index in [2.05, 4.69) is 9.80 Å². The molecular formula is C13H25N3O2. The van der Waals surface area contributed by atoms with Crippen LogP contribution >= 0.6 is 0 Å². The highest BCUT2D eigenvalue weighted by molar-refractivity contribution is 5.73. The Kier molecular flexibility index (Phi) is 5.41. The van der Waals surface area contributed by atoms with Gasteiger partial charge in [-0.2, -0.15) is 0 Å². The molecule has 0 spiro atoms. The molecule has 0 radical (unpaired) electrons. The summed E-state index contributed by atoms with van der Waals surface area (Å²) in [6, 6.07) is 0. The van der Waals surface area contributed by atoms with Crippen LogP contribution < -0.4 is 0 Å². The highest BCUT2D eigenvalue weighted by Gasteiger charge is 2.18. The number of morpholine rings is 1. The van der Waals surface area contributed by atoms with Crippen LogP contribution in [0, 0.1) is 0 Å². The summed E-state index contributed by atoms with van der Waals surface area (Å²) in [6.45, 7) is 11.8. The molecule has 5 heteroatoms. The Bertz CT molecular complexity index is 259. The molecule has 0 atom stereocenters. The molecule has 0 saturated carbocycles. The molecular weight excluding hydrogens is 230 g/mol. The maximum absolute atomic E-state index is 11.2. The lowest BCUT2D eigenvalue weighted by atomic mass is 10.2. The molecule has 2 fully saturated rings. The highest BCUT2D eigenvalue weighted by atomic mass is 16.5. The van der Waals surface area contributed by atoms with E-state index in [0.29, 0.717) is 0 Å². The summed E-state index contributed by atoms with van der Waals surface area (Å²) in [6.07, 6.45) is 1.22. The van der Waals surface area contributed by atoms with E-state index < -0.39 is 0 Å². The molecule has 5 nitrogen and oxygen atoms in total. The summed E-state index contributed by atoms with van der Waals surface area (Å²) >= 11 is 0. The third-order valence-electron chi connectivity index (χ3n) is 3.87. The van der Waals surface area contributed by atoms with Gasteiger partial charge in [0.05, 0.1) is 13.2 Å². The molecule has 2 heterocycles. The summed E-state index contributed by atoms with van der Waals surface area (Å²) in [5.74, 6) is 0.211. The van der Waals surface area contributed by atoms with Crippen LogP contribution in [-0.4, -0.2) is 86.2 Å². The molecule has 0 unspecified atom stereocenters. The van der Waals surface area contributed by atoms with Crippen molar-refractivity contribution in [1.29, 1.82) is 0 Å². The molecule has 0 aliphatic carbocycles. The number of hydrogen-bond acceptors (Lipinski definition) is 4. The number of carbonyl (C=O) groups excluding carboxylic acids is 1. The molecule has 104 valence electrons. The van der Waals surface area contributed by atoms with Crippen molar-refractivity contribution in [2.24, 2.45) is 0 Å². The minimum atomic E-state index is 0.211. The van der Waals surface area contributed by atoms with Gasteiger partial charge in [-0.05, 0) is 19.5 Å². The number of rotatable bonds is 4. The lowest BCUT2D eigenvalue weighted by molar-refractivity contribution is -0.130. The number of nitrogens with zero attached hydrogens (tertiary/aromatic N) is 3. The number of hydrogen-bond donors (Lipinski definition) is 0. The molecule has 2 saturated heterocycles. The second-order valence-corrected chi connectivity index (χ2v) is 5.16. The van der Waals surface area contributed by atoms with Crippen molar-refractivity contribution in [3.63, 3.8) is 0 Å². The first-order chi connectivity index (χ1) is 8.75. The Hall–Kier alpha value is -0.650. The van der Waals surface area contributed by atoms with Gasteiger partial charge in [0, 0.05) is 46.2 Å². The van der Waals surface area contributed by atoms with Crippen molar-refractivity contribution in [2.45, 2.75) is 13.3 Å². The van der Waals surface area contributed by atoms with Crippen molar-refractivity contribution in [3.05, 3.63) is 0 Å². The third-order valence-corrected chi connectivity index (χ3v) is 3.87. The summed E-state index contributed by atoms with van der Waals surface area (Å²) < 4.78 is 5.34. The van der Waals surface area contributed by atoms with Crippen molar-refractivity contribution in [2.75, 3.05) is 65.6 Å². The van der Waals surface area contributed by atoms with Crippen LogP contribution in [0.4, 0.5) is 0 Å². The summed E-state index contributed by atoms with van der Waals surface area (Å²) in [4.78, 5) is 18.1. The Morgan fingerprint density at radius 1 is 0.944 bits per heavy atom. The Labute approximate surface area is 110 Å². The fourth-order valence-electron chi connectivity index (χ4n) is 2.63. The third kappa shape index (κ3) is 4.23. The van der Waals surface area contributed by atoms with Gasteiger partial charge in [0.25, 0.3) is 0 Å². The Morgan fingerprint density at radius 3 is 2.06 bits per heavy atom. The summed E-state index contributed by atoms with van der Waals surface area (Å²) in [7, 11) is 0. The zero-order valence-corrected chi connectivity index (χ0v) is 11.4. The highest BCUT2D eigenvalue weighted by Crippen LogP contribution is 2.04. The molecule has 2 aliphatic rings. The lowest BCUT2D eigenvalue weighted by Gasteiger charge is -2.34. The summed E-state index contributed by atoms with van der Waals surface area (Å²) in [5, 5.41) is 0. The van der Waals surface area contributed by atoms with E-state index in [9.17, 15) is 4.79 Å². The van der Waals surface area contributed by atoms with Crippen molar-refractivity contribution in [3.8, 4) is 0 Å². The fraction of sp³-hybridized carbons (Fsp3) is 0.923. The first kappa shape index (κ1) is 13.8. The fourth-order valence-corrected chi connectivity index (χ4v) is 2.63. The van der Waals surface area contributed by atoms with Crippen LogP contribution in [0.15, 0.2) is 0 Å². The number of ether oxygens (including phenoxy) is 1. The molecule has 0 bridgehead atoms. The maximum Gasteiger partial charge on any atom is 0.219 e. The van der Waals surface area contributed by atoms with E-state index in [0.717, 1.165) is 59.0 Å². The van der Waals surface area contributed by atoms with Crippen LogP contribution in [0.1, 0.15) is 13.3 Å². The Morgan fingerprint density at radius 2 is 1.50 bits per heavy atom. The first-order valence-corrected chi connectivity index (χ1v) is 7.03. The SMILES string of the molecule is CC(=O)N1CCN(CCCN2CCOCC2)CC1. The normalized spacial score (nSPS) is 23.3. The minimum absolute atomic E-state index is 0.211. The van der Waals surface area contributed by atoms with Crippen LogP contribution in [0.25, 0.3) is 0 Å².